The summed E-state index contributed by atoms with van der Waals surface area (Å²) < 4.78 is 38.4. The van der Waals surface area contributed by atoms with Gasteiger partial charge >= 0.3 is 0 Å². The number of thiocarbonyl (C=S) groups is 1. The Labute approximate surface area is 239 Å². The van der Waals surface area contributed by atoms with Crippen molar-refractivity contribution in [1.29, 1.82) is 0 Å². The summed E-state index contributed by atoms with van der Waals surface area (Å²) in [6.07, 6.45) is -0.839. The van der Waals surface area contributed by atoms with Gasteiger partial charge in [-0.2, -0.15) is 0 Å². The van der Waals surface area contributed by atoms with Crippen LogP contribution in [0, 0.1) is 0 Å². The minimum Gasteiger partial charge on any atom is -0.469 e. The van der Waals surface area contributed by atoms with Crippen molar-refractivity contribution in [1.82, 2.24) is 0 Å². The zero-order valence-electron chi connectivity index (χ0n) is 22.5. The van der Waals surface area contributed by atoms with Gasteiger partial charge in [-0.15, -0.1) is 0 Å². The second-order valence-electron chi connectivity index (χ2n) is 9.97. The Balaban J connectivity index is 1.56. The van der Waals surface area contributed by atoms with Crippen LogP contribution in [0.3, 0.4) is 0 Å². The molecule has 0 aromatic heterocycles. The van der Waals surface area contributed by atoms with Gasteiger partial charge in [-0.1, -0.05) is 103 Å². The van der Waals surface area contributed by atoms with Gasteiger partial charge in [-0.25, -0.2) is 0 Å². The quantitative estimate of drug-likeness (QED) is 0.246. The molecule has 3 aromatic carbocycles. The summed E-state index contributed by atoms with van der Waals surface area (Å²) in [5.74, 6) is -0.824. The summed E-state index contributed by atoms with van der Waals surface area (Å²) in [7, 11) is 1.60. The van der Waals surface area contributed by atoms with E-state index < -0.39 is 42.1 Å². The third kappa shape index (κ3) is 5.79. The van der Waals surface area contributed by atoms with Gasteiger partial charge in [0.05, 0.1) is 6.61 Å². The molecule has 0 amide bonds. The van der Waals surface area contributed by atoms with E-state index in [4.69, 9.17) is 40.6 Å². The van der Waals surface area contributed by atoms with E-state index in [0.717, 1.165) is 16.7 Å². The molecule has 0 spiro atoms. The number of hydrogen-bond acceptors (Lipinski definition) is 8. The zero-order chi connectivity index (χ0) is 27.5. The average molecular weight is 567 g/mol. The molecule has 2 aliphatic rings. The highest BCUT2D eigenvalue weighted by Crippen LogP contribution is 2.43. The number of fused-ring (bicyclic) bond motifs is 1. The maximum atomic E-state index is 7.06. The smallest absolute Gasteiger partial charge is 0.220 e. The van der Waals surface area contributed by atoms with E-state index in [0.29, 0.717) is 4.38 Å². The van der Waals surface area contributed by atoms with Crippen LogP contribution in [-0.4, -0.2) is 60.8 Å². The van der Waals surface area contributed by atoms with Gasteiger partial charge in [0, 0.05) is 7.11 Å². The Morgan fingerprint density at radius 2 is 1.33 bits per heavy atom. The molecular weight excluding hydrogens is 532 g/mol. The molecule has 8 heteroatoms. The van der Waals surface area contributed by atoms with Gasteiger partial charge in [0.1, 0.15) is 23.9 Å². The van der Waals surface area contributed by atoms with Gasteiger partial charge < -0.3 is 28.4 Å². The largest absolute Gasteiger partial charge is 0.469 e. The van der Waals surface area contributed by atoms with Crippen molar-refractivity contribution >= 4 is 28.4 Å². The van der Waals surface area contributed by atoms with E-state index >= 15 is 0 Å². The first-order valence-electron chi connectivity index (χ1n) is 13.0. The molecule has 2 aliphatic heterocycles. The molecule has 0 N–H and O–H groups in total. The molecule has 5 rings (SSSR count). The minimum absolute atomic E-state index is 0.174. The van der Waals surface area contributed by atoms with Crippen molar-refractivity contribution < 1.29 is 28.4 Å². The molecule has 2 heterocycles. The molecule has 3 aromatic rings. The third-order valence-electron chi connectivity index (χ3n) is 7.07. The number of benzene rings is 3. The molecule has 39 heavy (non-hydrogen) atoms. The first kappa shape index (κ1) is 28.2. The number of ether oxygens (including phenoxy) is 6. The highest BCUT2D eigenvalue weighted by atomic mass is 32.2. The fourth-order valence-corrected chi connectivity index (χ4v) is 5.74. The summed E-state index contributed by atoms with van der Waals surface area (Å²) in [6, 6.07) is 30.7. The first-order valence-corrected chi connectivity index (χ1v) is 14.6. The van der Waals surface area contributed by atoms with Gasteiger partial charge in [0.2, 0.25) is 4.38 Å². The van der Waals surface area contributed by atoms with E-state index in [1.54, 1.807) is 7.11 Å². The predicted octanol–water partition coefficient (Wildman–Crippen LogP) is 5.92. The van der Waals surface area contributed by atoms with Crippen LogP contribution in [0.4, 0.5) is 0 Å². The summed E-state index contributed by atoms with van der Waals surface area (Å²) in [6.45, 7) is 3.92. The van der Waals surface area contributed by atoms with Crippen molar-refractivity contribution in [2.24, 2.45) is 0 Å². The molecule has 2 fully saturated rings. The maximum Gasteiger partial charge on any atom is 0.220 e. The predicted molar refractivity (Wildman–Crippen MR) is 156 cm³/mol. The number of rotatable bonds is 8. The Morgan fingerprint density at radius 1 is 0.846 bits per heavy atom. The second-order valence-corrected chi connectivity index (χ2v) is 11.4. The number of hydrogen-bond donors (Lipinski definition) is 0. The molecule has 2 saturated heterocycles. The molecular formula is C31H34O6S2. The third-order valence-corrected chi connectivity index (χ3v) is 8.09. The Kier molecular flexibility index (Phi) is 8.73. The van der Waals surface area contributed by atoms with Crippen LogP contribution in [0.15, 0.2) is 91.0 Å². The lowest BCUT2D eigenvalue weighted by atomic mass is 9.80. The number of methoxy groups -OCH3 is 1. The molecule has 5 atom stereocenters. The molecule has 0 aliphatic carbocycles. The number of thioether (sulfide) groups is 1. The average Bonchev–Trinajstić information content (AvgIpc) is 3.31. The zero-order valence-corrected chi connectivity index (χ0v) is 24.2. The monoisotopic (exact) mass is 566 g/mol. The van der Waals surface area contributed by atoms with Gasteiger partial charge in [0.25, 0.3) is 0 Å². The van der Waals surface area contributed by atoms with Crippen LogP contribution >= 0.6 is 24.0 Å². The van der Waals surface area contributed by atoms with E-state index in [-0.39, 0.29) is 6.61 Å². The maximum absolute atomic E-state index is 7.06. The van der Waals surface area contributed by atoms with Crippen molar-refractivity contribution in [3.8, 4) is 0 Å². The van der Waals surface area contributed by atoms with Crippen molar-refractivity contribution in [3.63, 3.8) is 0 Å². The van der Waals surface area contributed by atoms with E-state index in [1.807, 2.05) is 74.7 Å². The molecule has 6 nitrogen and oxygen atoms in total. The van der Waals surface area contributed by atoms with Gasteiger partial charge in [0.15, 0.2) is 18.2 Å². The topological polar surface area (TPSA) is 55.4 Å². The van der Waals surface area contributed by atoms with E-state index in [9.17, 15) is 0 Å². The lowest BCUT2D eigenvalue weighted by Crippen LogP contribution is -2.59. The summed E-state index contributed by atoms with van der Waals surface area (Å²) in [5, 5.41) is 0. The highest BCUT2D eigenvalue weighted by Gasteiger charge is 2.57. The lowest BCUT2D eigenvalue weighted by Gasteiger charge is -2.43. The van der Waals surface area contributed by atoms with Crippen LogP contribution in [-0.2, 0) is 34.0 Å². The van der Waals surface area contributed by atoms with Crippen molar-refractivity contribution in [2.45, 2.75) is 55.9 Å². The summed E-state index contributed by atoms with van der Waals surface area (Å²) in [4.78, 5) is 0. The highest BCUT2D eigenvalue weighted by molar-refractivity contribution is 8.22. The van der Waals surface area contributed by atoms with E-state index in [1.165, 1.54) is 11.8 Å². The summed E-state index contributed by atoms with van der Waals surface area (Å²) >= 11 is 6.83. The molecule has 0 bridgehead atoms. The fraction of sp³-hybridized carbons (Fsp3) is 0.387. The van der Waals surface area contributed by atoms with Gasteiger partial charge in [-0.05, 0) is 49.0 Å². The summed E-state index contributed by atoms with van der Waals surface area (Å²) in [5.41, 5.74) is 2.08. The van der Waals surface area contributed by atoms with Gasteiger partial charge in [-0.3, -0.25) is 0 Å². The first-order chi connectivity index (χ1) is 18.9. The second kappa shape index (κ2) is 12.1. The van der Waals surface area contributed by atoms with E-state index in [2.05, 4.69) is 36.4 Å². The van der Waals surface area contributed by atoms with Crippen LogP contribution in [0.1, 0.15) is 30.5 Å². The normalized spacial score (nSPS) is 26.1. The molecule has 0 unspecified atom stereocenters. The molecule has 0 radical (unpaired) electrons. The van der Waals surface area contributed by atoms with Crippen LogP contribution < -0.4 is 0 Å². The molecule has 0 saturated carbocycles. The standard InChI is InChI=1S/C31H34O6S2/c1-30(2)36-26-25(35-29(38)39-4)24(34-28(32-3)27(26)37-30)20-33-31(21-14-8-5-9-15-21,22-16-10-6-11-17-22)23-18-12-7-13-19-23/h5-19,24-28H,20H2,1-4H3/t24-,25-,26+,27+,28+/m1/s1. The van der Waals surface area contributed by atoms with Crippen LogP contribution in [0.25, 0.3) is 0 Å². The Hall–Kier alpha value is -2.30. The Bertz CT molecular complexity index is 1130. The van der Waals surface area contributed by atoms with Crippen molar-refractivity contribution in [3.05, 3.63) is 108 Å². The van der Waals surface area contributed by atoms with Crippen LogP contribution in [0.5, 0.6) is 0 Å². The Morgan fingerprint density at radius 3 is 1.79 bits per heavy atom. The van der Waals surface area contributed by atoms with Crippen LogP contribution in [0.2, 0.25) is 0 Å². The SMILES string of the molecule is CO[C@H]1O[C@H](COC(c2ccccc2)(c2ccccc2)c2ccccc2)[C@@H](OC(=S)SC)[C@@H]2OC(C)(C)O[C@H]12. The minimum atomic E-state index is -0.913. The van der Waals surface area contributed by atoms with Crippen molar-refractivity contribution in [2.75, 3.05) is 20.0 Å². The molecule has 206 valence electrons. The lowest BCUT2D eigenvalue weighted by molar-refractivity contribution is -0.275. The fourth-order valence-electron chi connectivity index (χ4n) is 5.42.